The Morgan fingerprint density at radius 1 is 1.50 bits per heavy atom. The molecule has 0 fully saturated rings. The van der Waals surface area contributed by atoms with Gasteiger partial charge in [0, 0.05) is 11.6 Å². The van der Waals surface area contributed by atoms with E-state index in [0.29, 0.717) is 6.61 Å². The van der Waals surface area contributed by atoms with Gasteiger partial charge < -0.3 is 10.1 Å². The van der Waals surface area contributed by atoms with Crippen LogP contribution in [-0.4, -0.2) is 13.2 Å². The average Bonchev–Trinajstić information content (AvgIpc) is 2.34. The summed E-state index contributed by atoms with van der Waals surface area (Å²) in [6.07, 6.45) is 1.04. The summed E-state index contributed by atoms with van der Waals surface area (Å²) < 4.78 is 19.0. The lowest BCUT2D eigenvalue weighted by atomic mass is 10.1. The van der Waals surface area contributed by atoms with E-state index in [1.54, 1.807) is 6.07 Å². The largest absolute Gasteiger partial charge is 0.489 e. The fourth-order valence-corrected chi connectivity index (χ4v) is 1.66. The zero-order valence-corrected chi connectivity index (χ0v) is 11.4. The molecule has 0 radical (unpaired) electrons. The molecule has 0 aromatic heterocycles. The van der Waals surface area contributed by atoms with E-state index in [0.717, 1.165) is 29.9 Å². The summed E-state index contributed by atoms with van der Waals surface area (Å²) >= 11 is 0. The van der Waals surface area contributed by atoms with E-state index in [-0.39, 0.29) is 11.9 Å². The lowest BCUT2D eigenvalue weighted by molar-refractivity contribution is 0.343. The van der Waals surface area contributed by atoms with Crippen LogP contribution < -0.4 is 10.1 Å². The first kappa shape index (κ1) is 14.7. The average molecular weight is 251 g/mol. The zero-order valence-electron chi connectivity index (χ0n) is 11.4. The molecule has 0 aliphatic rings. The van der Waals surface area contributed by atoms with Gasteiger partial charge in [0.05, 0.1) is 0 Å². The van der Waals surface area contributed by atoms with Crippen molar-refractivity contribution < 1.29 is 9.13 Å². The molecule has 1 N–H and O–H groups in total. The second kappa shape index (κ2) is 7.17. The van der Waals surface area contributed by atoms with Crippen LogP contribution in [0.5, 0.6) is 5.75 Å². The molecule has 1 unspecified atom stereocenters. The summed E-state index contributed by atoms with van der Waals surface area (Å²) in [5.74, 6) is 0.480. The molecular formula is C15H22FNO. The van der Waals surface area contributed by atoms with Crippen molar-refractivity contribution in [3.8, 4) is 5.75 Å². The summed E-state index contributed by atoms with van der Waals surface area (Å²) in [4.78, 5) is 0. The van der Waals surface area contributed by atoms with Crippen LogP contribution >= 0.6 is 0 Å². The van der Waals surface area contributed by atoms with Gasteiger partial charge in [-0.05, 0) is 50.6 Å². The van der Waals surface area contributed by atoms with Crippen LogP contribution in [0.15, 0.2) is 30.4 Å². The minimum absolute atomic E-state index is 0.0702. The Bertz CT molecular complexity index is 403. The van der Waals surface area contributed by atoms with Gasteiger partial charge in [0.1, 0.15) is 18.2 Å². The van der Waals surface area contributed by atoms with Crippen molar-refractivity contribution >= 4 is 0 Å². The molecule has 0 aliphatic carbocycles. The first-order valence-corrected chi connectivity index (χ1v) is 6.34. The van der Waals surface area contributed by atoms with Crippen molar-refractivity contribution in [2.75, 3.05) is 13.2 Å². The quantitative estimate of drug-likeness (QED) is 0.743. The fourth-order valence-electron chi connectivity index (χ4n) is 1.66. The minimum atomic E-state index is -0.238. The number of hydrogen-bond donors (Lipinski definition) is 1. The fraction of sp³-hybridized carbons (Fsp3) is 0.467. The third-order valence-corrected chi connectivity index (χ3v) is 2.61. The molecule has 0 saturated carbocycles. The highest BCUT2D eigenvalue weighted by Crippen LogP contribution is 2.26. The Morgan fingerprint density at radius 3 is 2.83 bits per heavy atom. The Morgan fingerprint density at radius 2 is 2.22 bits per heavy atom. The van der Waals surface area contributed by atoms with Crippen LogP contribution in [0.2, 0.25) is 0 Å². The number of hydrogen-bond acceptors (Lipinski definition) is 2. The van der Waals surface area contributed by atoms with E-state index >= 15 is 0 Å². The van der Waals surface area contributed by atoms with Crippen LogP contribution in [0.1, 0.15) is 38.8 Å². The van der Waals surface area contributed by atoms with E-state index in [1.807, 2.05) is 13.8 Å². The zero-order chi connectivity index (χ0) is 13.5. The standard InChI is InChI=1S/C15H22FNO/c1-5-8-17-12(4)14-9-13(16)6-7-15(14)18-10-11(2)3/h6-7,9,12,17H,2,5,8,10H2,1,3-4H3. The summed E-state index contributed by atoms with van der Waals surface area (Å²) in [6, 6.07) is 4.70. The van der Waals surface area contributed by atoms with Crippen LogP contribution in [0.25, 0.3) is 0 Å². The maximum atomic E-state index is 13.3. The maximum Gasteiger partial charge on any atom is 0.124 e. The molecule has 1 rings (SSSR count). The van der Waals surface area contributed by atoms with Gasteiger partial charge >= 0.3 is 0 Å². The Hall–Kier alpha value is -1.35. The van der Waals surface area contributed by atoms with Crippen molar-refractivity contribution in [2.45, 2.75) is 33.2 Å². The van der Waals surface area contributed by atoms with Crippen molar-refractivity contribution in [1.82, 2.24) is 5.32 Å². The molecule has 0 bridgehead atoms. The first-order chi connectivity index (χ1) is 8.54. The summed E-state index contributed by atoms with van der Waals surface area (Å²) in [7, 11) is 0. The third kappa shape index (κ3) is 4.49. The molecule has 18 heavy (non-hydrogen) atoms. The Kier molecular flexibility index (Phi) is 5.86. The van der Waals surface area contributed by atoms with Crippen LogP contribution in [0, 0.1) is 5.82 Å². The van der Waals surface area contributed by atoms with Crippen molar-refractivity contribution in [1.29, 1.82) is 0 Å². The predicted octanol–water partition coefficient (Wildman–Crippen LogP) is 3.84. The van der Waals surface area contributed by atoms with Crippen LogP contribution in [0.4, 0.5) is 4.39 Å². The molecule has 1 aromatic rings. The SMILES string of the molecule is C=C(C)COc1ccc(F)cc1C(C)NCCC. The minimum Gasteiger partial charge on any atom is -0.489 e. The molecule has 0 heterocycles. The van der Waals surface area contributed by atoms with Crippen LogP contribution in [-0.2, 0) is 0 Å². The molecule has 0 saturated heterocycles. The smallest absolute Gasteiger partial charge is 0.124 e. The van der Waals surface area contributed by atoms with Gasteiger partial charge in [0.25, 0.3) is 0 Å². The first-order valence-electron chi connectivity index (χ1n) is 6.34. The van der Waals surface area contributed by atoms with Gasteiger partial charge in [0.15, 0.2) is 0 Å². The Balaban J connectivity index is 2.84. The molecule has 3 heteroatoms. The van der Waals surface area contributed by atoms with Crippen molar-refractivity contribution in [2.24, 2.45) is 0 Å². The van der Waals surface area contributed by atoms with Gasteiger partial charge in [-0.1, -0.05) is 13.5 Å². The van der Waals surface area contributed by atoms with Crippen molar-refractivity contribution in [3.63, 3.8) is 0 Å². The third-order valence-electron chi connectivity index (χ3n) is 2.61. The second-order valence-electron chi connectivity index (χ2n) is 4.60. The molecule has 0 amide bonds. The van der Waals surface area contributed by atoms with Gasteiger partial charge in [-0.3, -0.25) is 0 Å². The predicted molar refractivity (Wildman–Crippen MR) is 73.4 cm³/mol. The highest BCUT2D eigenvalue weighted by Gasteiger charge is 2.12. The van der Waals surface area contributed by atoms with Crippen LogP contribution in [0.3, 0.4) is 0 Å². The summed E-state index contributed by atoms with van der Waals surface area (Å²) in [5, 5.41) is 3.33. The van der Waals surface area contributed by atoms with E-state index in [4.69, 9.17) is 4.74 Å². The van der Waals surface area contributed by atoms with E-state index in [9.17, 15) is 4.39 Å². The van der Waals surface area contributed by atoms with Gasteiger partial charge in [0.2, 0.25) is 0 Å². The highest BCUT2D eigenvalue weighted by atomic mass is 19.1. The van der Waals surface area contributed by atoms with Crippen molar-refractivity contribution in [3.05, 3.63) is 41.7 Å². The number of nitrogens with one attached hydrogen (secondary N) is 1. The van der Waals surface area contributed by atoms with E-state index in [1.165, 1.54) is 12.1 Å². The number of benzene rings is 1. The van der Waals surface area contributed by atoms with E-state index in [2.05, 4.69) is 18.8 Å². The molecule has 2 nitrogen and oxygen atoms in total. The number of halogens is 1. The lowest BCUT2D eigenvalue weighted by Gasteiger charge is -2.18. The molecular weight excluding hydrogens is 229 g/mol. The lowest BCUT2D eigenvalue weighted by Crippen LogP contribution is -2.20. The molecule has 1 aromatic carbocycles. The number of ether oxygens (including phenoxy) is 1. The summed E-state index contributed by atoms with van der Waals surface area (Å²) in [6.45, 7) is 11.2. The van der Waals surface area contributed by atoms with Gasteiger partial charge in [-0.25, -0.2) is 4.39 Å². The topological polar surface area (TPSA) is 21.3 Å². The highest BCUT2D eigenvalue weighted by molar-refractivity contribution is 5.36. The Labute approximate surface area is 109 Å². The second-order valence-corrected chi connectivity index (χ2v) is 4.60. The molecule has 0 spiro atoms. The maximum absolute atomic E-state index is 13.3. The molecule has 1 atom stereocenters. The van der Waals surface area contributed by atoms with Gasteiger partial charge in [-0.15, -0.1) is 0 Å². The molecule has 0 aliphatic heterocycles. The number of rotatable bonds is 7. The monoisotopic (exact) mass is 251 g/mol. The normalized spacial score (nSPS) is 12.2. The van der Waals surface area contributed by atoms with E-state index < -0.39 is 0 Å². The van der Waals surface area contributed by atoms with Gasteiger partial charge in [-0.2, -0.15) is 0 Å². The summed E-state index contributed by atoms with van der Waals surface area (Å²) in [5.41, 5.74) is 1.80. The molecule has 100 valence electrons.